The largest absolute Gasteiger partial charge is 0.492 e. The van der Waals surface area contributed by atoms with Crippen LogP contribution in [0.4, 0.5) is 0 Å². The van der Waals surface area contributed by atoms with E-state index in [-0.39, 0.29) is 17.9 Å². The summed E-state index contributed by atoms with van der Waals surface area (Å²) in [5.74, 6) is 1.07. The highest BCUT2D eigenvalue weighted by Gasteiger charge is 2.06. The van der Waals surface area contributed by atoms with Gasteiger partial charge in [-0.2, -0.15) is 0 Å². The van der Waals surface area contributed by atoms with Gasteiger partial charge in [-0.15, -0.1) is 0 Å². The molecule has 0 bridgehead atoms. The zero-order valence-corrected chi connectivity index (χ0v) is 14.8. The first-order chi connectivity index (χ1) is 12.6. The van der Waals surface area contributed by atoms with E-state index in [0.717, 1.165) is 0 Å². The topological polar surface area (TPSA) is 84.1 Å². The molecule has 0 aliphatic heterocycles. The maximum Gasteiger partial charge on any atom is 0.258 e. The van der Waals surface area contributed by atoms with Crippen molar-refractivity contribution in [2.24, 2.45) is 0 Å². The third kappa shape index (κ3) is 4.83. The van der Waals surface area contributed by atoms with Crippen LogP contribution in [0.25, 0.3) is 10.9 Å². The predicted molar refractivity (Wildman–Crippen MR) is 101 cm³/mol. The Morgan fingerprint density at radius 1 is 1.15 bits per heavy atom. The molecule has 0 saturated heterocycles. The van der Waals surface area contributed by atoms with E-state index in [1.165, 1.54) is 0 Å². The smallest absolute Gasteiger partial charge is 0.258 e. The number of carbonyl (C=O) groups excluding carboxylic acids is 1. The summed E-state index contributed by atoms with van der Waals surface area (Å²) < 4.78 is 5.50. The number of fused-ring (bicyclic) bond motifs is 1. The molecule has 0 saturated carbocycles. The van der Waals surface area contributed by atoms with Gasteiger partial charge in [0.1, 0.15) is 18.2 Å². The maximum absolute atomic E-state index is 12.0. The van der Waals surface area contributed by atoms with Gasteiger partial charge in [0.25, 0.3) is 5.56 Å². The van der Waals surface area contributed by atoms with Crippen molar-refractivity contribution in [3.8, 4) is 5.75 Å². The van der Waals surface area contributed by atoms with E-state index in [9.17, 15) is 9.59 Å². The van der Waals surface area contributed by atoms with E-state index in [1.54, 1.807) is 42.5 Å². The Hall–Kier alpha value is -2.86. The first-order valence-corrected chi connectivity index (χ1v) is 8.62. The van der Waals surface area contributed by atoms with Crippen molar-refractivity contribution < 1.29 is 9.53 Å². The summed E-state index contributed by atoms with van der Waals surface area (Å²) in [7, 11) is 0. The minimum absolute atomic E-state index is 0.125. The molecule has 0 atom stereocenters. The molecular weight excluding hydrogens is 354 g/mol. The van der Waals surface area contributed by atoms with Crippen molar-refractivity contribution in [3.63, 3.8) is 0 Å². The molecule has 0 fully saturated rings. The average molecular weight is 372 g/mol. The number of nitrogens with zero attached hydrogens (tertiary/aromatic N) is 1. The number of aryl methyl sites for hydroxylation is 1. The number of rotatable bonds is 7. The monoisotopic (exact) mass is 371 g/mol. The van der Waals surface area contributed by atoms with Crippen LogP contribution in [0.5, 0.6) is 5.75 Å². The molecule has 0 unspecified atom stereocenters. The van der Waals surface area contributed by atoms with Gasteiger partial charge in [0, 0.05) is 17.9 Å². The summed E-state index contributed by atoms with van der Waals surface area (Å²) >= 11 is 5.80. The number of carbonyl (C=O) groups is 1. The number of H-pyrrole nitrogens is 1. The molecule has 1 amide bonds. The van der Waals surface area contributed by atoms with E-state index in [2.05, 4.69) is 15.3 Å². The van der Waals surface area contributed by atoms with Crippen molar-refractivity contribution >= 4 is 28.4 Å². The van der Waals surface area contributed by atoms with Crippen molar-refractivity contribution in [1.82, 2.24) is 15.3 Å². The quantitative estimate of drug-likeness (QED) is 0.625. The molecule has 0 aliphatic rings. The zero-order valence-electron chi connectivity index (χ0n) is 14.0. The number of halogens is 1. The number of hydrogen-bond acceptors (Lipinski definition) is 4. The number of ether oxygens (including phenoxy) is 1. The lowest BCUT2D eigenvalue weighted by Gasteiger charge is -2.08. The maximum atomic E-state index is 12.0. The van der Waals surface area contributed by atoms with Crippen LogP contribution >= 0.6 is 11.6 Å². The molecule has 0 aliphatic carbocycles. The molecule has 1 aromatic heterocycles. The second-order valence-corrected chi connectivity index (χ2v) is 6.12. The molecule has 1 heterocycles. The van der Waals surface area contributed by atoms with Crippen LogP contribution in [0.1, 0.15) is 12.2 Å². The number of nitrogens with one attached hydrogen (secondary N) is 2. The highest BCUT2D eigenvalue weighted by Crippen LogP contribution is 2.15. The van der Waals surface area contributed by atoms with Crippen LogP contribution in [0.3, 0.4) is 0 Å². The number of aromatic nitrogens is 2. The Balaban J connectivity index is 1.44. The number of amides is 1. The SMILES string of the molecule is O=C(CCc1nc2ccccc2c(=O)[nH]1)NCCOc1ccc(Cl)cc1. The molecule has 2 aromatic carbocycles. The lowest BCUT2D eigenvalue weighted by molar-refractivity contribution is -0.121. The third-order valence-electron chi connectivity index (χ3n) is 3.76. The van der Waals surface area contributed by atoms with Crippen LogP contribution in [-0.4, -0.2) is 29.0 Å². The van der Waals surface area contributed by atoms with Gasteiger partial charge in [-0.1, -0.05) is 23.7 Å². The second kappa shape index (κ2) is 8.49. The standard InChI is InChI=1S/C19H18ClN3O3/c20-13-5-7-14(8-6-13)26-12-11-21-18(24)10-9-17-22-16-4-2-1-3-15(16)19(25)23-17/h1-8H,9-12H2,(H,21,24)(H,22,23,25). The van der Waals surface area contributed by atoms with Gasteiger partial charge in [0.05, 0.1) is 17.4 Å². The summed E-state index contributed by atoms with van der Waals surface area (Å²) in [5, 5.41) is 3.96. The van der Waals surface area contributed by atoms with E-state index in [1.807, 2.05) is 6.07 Å². The number of hydrogen-bond donors (Lipinski definition) is 2. The van der Waals surface area contributed by atoms with Gasteiger partial charge in [0.15, 0.2) is 0 Å². The van der Waals surface area contributed by atoms with Gasteiger partial charge in [0.2, 0.25) is 5.91 Å². The Kier molecular flexibility index (Phi) is 5.86. The van der Waals surface area contributed by atoms with E-state index < -0.39 is 0 Å². The normalized spacial score (nSPS) is 10.7. The third-order valence-corrected chi connectivity index (χ3v) is 4.01. The van der Waals surface area contributed by atoms with E-state index in [0.29, 0.717) is 47.1 Å². The fourth-order valence-electron chi connectivity index (χ4n) is 2.46. The number of benzene rings is 2. The predicted octanol–water partition coefficient (Wildman–Crippen LogP) is 2.70. The molecule has 26 heavy (non-hydrogen) atoms. The molecule has 3 aromatic rings. The van der Waals surface area contributed by atoms with Crippen LogP contribution in [0.15, 0.2) is 53.3 Å². The van der Waals surface area contributed by atoms with Crippen molar-refractivity contribution in [2.75, 3.05) is 13.2 Å². The molecule has 6 nitrogen and oxygen atoms in total. The van der Waals surface area contributed by atoms with Gasteiger partial charge >= 0.3 is 0 Å². The van der Waals surface area contributed by atoms with Crippen LogP contribution in [0, 0.1) is 0 Å². The molecule has 3 rings (SSSR count). The number of para-hydroxylation sites is 1. The number of aromatic amines is 1. The molecule has 134 valence electrons. The highest BCUT2D eigenvalue weighted by molar-refractivity contribution is 6.30. The van der Waals surface area contributed by atoms with Gasteiger partial charge in [-0.25, -0.2) is 4.98 Å². The van der Waals surface area contributed by atoms with Crippen LogP contribution in [-0.2, 0) is 11.2 Å². The minimum atomic E-state index is -0.192. The first-order valence-electron chi connectivity index (χ1n) is 8.25. The van der Waals surface area contributed by atoms with E-state index >= 15 is 0 Å². The molecule has 0 spiro atoms. The van der Waals surface area contributed by atoms with Crippen molar-refractivity contribution in [3.05, 3.63) is 69.7 Å². The average Bonchev–Trinajstić information content (AvgIpc) is 2.65. The van der Waals surface area contributed by atoms with Crippen molar-refractivity contribution in [2.45, 2.75) is 12.8 Å². The summed E-state index contributed by atoms with van der Waals surface area (Å²) in [4.78, 5) is 31.0. The Morgan fingerprint density at radius 2 is 1.92 bits per heavy atom. The van der Waals surface area contributed by atoms with Crippen LogP contribution < -0.4 is 15.6 Å². The molecule has 7 heteroatoms. The first kappa shape index (κ1) is 17.9. The van der Waals surface area contributed by atoms with Gasteiger partial charge in [-0.05, 0) is 36.4 Å². The summed E-state index contributed by atoms with van der Waals surface area (Å²) in [6, 6.07) is 14.1. The second-order valence-electron chi connectivity index (χ2n) is 5.68. The Labute approximate surface area is 155 Å². The zero-order chi connectivity index (χ0) is 18.4. The molecule has 0 radical (unpaired) electrons. The summed E-state index contributed by atoms with van der Waals surface area (Å²) in [5.41, 5.74) is 0.436. The minimum Gasteiger partial charge on any atom is -0.492 e. The Bertz CT molecular complexity index is 954. The van der Waals surface area contributed by atoms with Gasteiger partial charge in [-0.3, -0.25) is 9.59 Å². The Morgan fingerprint density at radius 3 is 2.73 bits per heavy atom. The summed E-state index contributed by atoms with van der Waals surface area (Å²) in [6.07, 6.45) is 0.603. The highest BCUT2D eigenvalue weighted by atomic mass is 35.5. The van der Waals surface area contributed by atoms with Crippen molar-refractivity contribution in [1.29, 1.82) is 0 Å². The lowest BCUT2D eigenvalue weighted by atomic mass is 10.2. The molecular formula is C19H18ClN3O3. The lowest BCUT2D eigenvalue weighted by Crippen LogP contribution is -2.28. The van der Waals surface area contributed by atoms with Gasteiger partial charge < -0.3 is 15.0 Å². The summed E-state index contributed by atoms with van der Waals surface area (Å²) in [6.45, 7) is 0.752. The van der Waals surface area contributed by atoms with Crippen LogP contribution in [0.2, 0.25) is 5.02 Å². The fraction of sp³-hybridized carbons (Fsp3) is 0.211. The molecule has 2 N–H and O–H groups in total. The fourth-order valence-corrected chi connectivity index (χ4v) is 2.59. The van der Waals surface area contributed by atoms with E-state index in [4.69, 9.17) is 16.3 Å².